The molecule has 3 atom stereocenters. The van der Waals surface area contributed by atoms with E-state index in [1.807, 2.05) is 30.3 Å². The number of methoxy groups -OCH3 is 1. The first-order valence-corrected chi connectivity index (χ1v) is 13.4. The number of carbonyl (C=O) groups is 2. The minimum absolute atomic E-state index is 0.268. The lowest BCUT2D eigenvalue weighted by molar-refractivity contribution is -0.180. The van der Waals surface area contributed by atoms with Crippen molar-refractivity contribution in [1.82, 2.24) is 0 Å². The third-order valence-electron chi connectivity index (χ3n) is 4.95. The number of rotatable bonds is 6. The molecule has 0 aliphatic heterocycles. The Hall–Kier alpha value is -1.92. The number of allylic oxidation sites excluding steroid dienone is 1. The van der Waals surface area contributed by atoms with Crippen molar-refractivity contribution < 1.29 is 23.5 Å². The SMILES string of the molecule is CO[C@@H]1C=C(O[Si](C)(C)C)C[C@@H](c2ccccc2)[C@@]1(C(C)=O)C(=O)OC(C)(C)C. The van der Waals surface area contributed by atoms with E-state index in [9.17, 15) is 9.59 Å². The van der Waals surface area contributed by atoms with Crippen LogP contribution in [0.15, 0.2) is 42.2 Å². The molecule has 0 saturated heterocycles. The molecule has 0 aromatic heterocycles. The highest BCUT2D eigenvalue weighted by Gasteiger charge is 2.60. The van der Waals surface area contributed by atoms with Crippen molar-refractivity contribution in [3.05, 3.63) is 47.7 Å². The highest BCUT2D eigenvalue weighted by atomic mass is 28.4. The van der Waals surface area contributed by atoms with Crippen LogP contribution in [0.25, 0.3) is 0 Å². The first kappa shape index (κ1) is 23.4. The zero-order valence-electron chi connectivity index (χ0n) is 18.9. The van der Waals surface area contributed by atoms with Crippen LogP contribution in [-0.2, 0) is 23.5 Å². The quantitative estimate of drug-likeness (QED) is 0.376. The number of Topliss-reactive ketones (excluding diaryl/α,β-unsaturated/α-hetero) is 1. The second-order valence-corrected chi connectivity index (χ2v) is 14.0. The van der Waals surface area contributed by atoms with Gasteiger partial charge in [-0.2, -0.15) is 0 Å². The molecule has 160 valence electrons. The van der Waals surface area contributed by atoms with E-state index in [2.05, 4.69) is 19.6 Å². The molecule has 1 aliphatic carbocycles. The predicted octanol–water partition coefficient (Wildman–Crippen LogP) is 4.84. The second-order valence-electron chi connectivity index (χ2n) is 9.60. The molecule has 29 heavy (non-hydrogen) atoms. The summed E-state index contributed by atoms with van der Waals surface area (Å²) in [6.07, 6.45) is 1.45. The number of hydrogen-bond acceptors (Lipinski definition) is 5. The standard InChI is InChI=1S/C23H34O5Si/c1-16(24)23(21(25)27-22(2,3)4)19(17-12-10-9-11-13-17)14-18(15-20(23)26-5)28-29(6,7)8/h9-13,15,19-20H,14H2,1-8H3/t19-,20+,23+/m0/s1. The van der Waals surface area contributed by atoms with E-state index in [-0.39, 0.29) is 5.78 Å². The Bertz CT molecular complexity index is 773. The van der Waals surface area contributed by atoms with Crippen LogP contribution in [0.4, 0.5) is 0 Å². The minimum Gasteiger partial charge on any atom is -0.547 e. The van der Waals surface area contributed by atoms with Gasteiger partial charge in [-0.25, -0.2) is 0 Å². The van der Waals surface area contributed by atoms with Crippen molar-refractivity contribution in [3.63, 3.8) is 0 Å². The molecule has 1 aromatic carbocycles. The van der Waals surface area contributed by atoms with Crippen LogP contribution in [0.2, 0.25) is 19.6 Å². The monoisotopic (exact) mass is 418 g/mol. The molecule has 1 aromatic rings. The average Bonchev–Trinajstić information content (AvgIpc) is 2.58. The summed E-state index contributed by atoms with van der Waals surface area (Å²) in [4.78, 5) is 26.7. The number of esters is 1. The summed E-state index contributed by atoms with van der Waals surface area (Å²) >= 11 is 0. The lowest BCUT2D eigenvalue weighted by Crippen LogP contribution is -2.56. The van der Waals surface area contributed by atoms with Gasteiger partial charge in [0, 0.05) is 19.4 Å². The maximum Gasteiger partial charge on any atom is 0.323 e. The van der Waals surface area contributed by atoms with Crippen LogP contribution in [0, 0.1) is 5.41 Å². The van der Waals surface area contributed by atoms with Gasteiger partial charge in [-0.05, 0) is 59.0 Å². The van der Waals surface area contributed by atoms with Crippen molar-refractivity contribution in [2.24, 2.45) is 5.41 Å². The molecule has 0 heterocycles. The topological polar surface area (TPSA) is 61.8 Å². The van der Waals surface area contributed by atoms with Crippen molar-refractivity contribution >= 4 is 20.1 Å². The fourth-order valence-corrected chi connectivity index (χ4v) is 4.87. The minimum atomic E-state index is -1.88. The third kappa shape index (κ3) is 5.17. The summed E-state index contributed by atoms with van der Waals surface area (Å²) < 4.78 is 17.8. The van der Waals surface area contributed by atoms with E-state index in [1.54, 1.807) is 26.8 Å². The van der Waals surface area contributed by atoms with Gasteiger partial charge >= 0.3 is 5.97 Å². The predicted molar refractivity (Wildman–Crippen MR) is 116 cm³/mol. The van der Waals surface area contributed by atoms with Gasteiger partial charge in [0.25, 0.3) is 0 Å². The van der Waals surface area contributed by atoms with Gasteiger partial charge in [0.2, 0.25) is 8.32 Å². The fraction of sp³-hybridized carbons (Fsp3) is 0.565. The van der Waals surface area contributed by atoms with Gasteiger partial charge in [0.05, 0.1) is 5.76 Å². The first-order chi connectivity index (χ1) is 13.3. The number of ketones is 1. The third-order valence-corrected chi connectivity index (χ3v) is 5.83. The van der Waals surface area contributed by atoms with Gasteiger partial charge in [-0.1, -0.05) is 30.3 Å². The lowest BCUT2D eigenvalue weighted by atomic mass is 9.61. The molecule has 0 N–H and O–H groups in total. The van der Waals surface area contributed by atoms with Crippen LogP contribution < -0.4 is 0 Å². The van der Waals surface area contributed by atoms with Crippen molar-refractivity contribution in [3.8, 4) is 0 Å². The molecule has 6 heteroatoms. The molecule has 0 spiro atoms. The largest absolute Gasteiger partial charge is 0.547 e. The molecule has 0 bridgehead atoms. The van der Waals surface area contributed by atoms with Crippen molar-refractivity contribution in [1.29, 1.82) is 0 Å². The Balaban J connectivity index is 2.70. The molecule has 0 fully saturated rings. The maximum absolute atomic E-state index is 13.5. The zero-order valence-corrected chi connectivity index (χ0v) is 19.9. The van der Waals surface area contributed by atoms with Crippen molar-refractivity contribution in [2.45, 2.75) is 71.4 Å². The zero-order chi connectivity index (χ0) is 22.0. The summed E-state index contributed by atoms with van der Waals surface area (Å²) in [5, 5.41) is 0. The fourth-order valence-electron chi connectivity index (χ4n) is 3.93. The Kier molecular flexibility index (Phi) is 6.80. The van der Waals surface area contributed by atoms with E-state index >= 15 is 0 Å². The number of hydrogen-bond donors (Lipinski definition) is 0. The van der Waals surface area contributed by atoms with Crippen molar-refractivity contribution in [2.75, 3.05) is 7.11 Å². The smallest absolute Gasteiger partial charge is 0.323 e. The second kappa shape index (κ2) is 8.44. The molecule has 1 aliphatic rings. The van der Waals surface area contributed by atoms with Gasteiger partial charge in [-0.3, -0.25) is 9.59 Å². The summed E-state index contributed by atoms with van der Waals surface area (Å²) in [6, 6.07) is 9.62. The Morgan fingerprint density at radius 2 is 1.69 bits per heavy atom. The molecular formula is C23H34O5Si. The Morgan fingerprint density at radius 1 is 1.10 bits per heavy atom. The number of benzene rings is 1. The maximum atomic E-state index is 13.5. The molecule has 0 saturated carbocycles. The molecule has 2 rings (SSSR count). The van der Waals surface area contributed by atoms with Crippen LogP contribution in [-0.4, -0.2) is 38.9 Å². The van der Waals surface area contributed by atoms with Gasteiger partial charge in [-0.15, -0.1) is 0 Å². The summed E-state index contributed by atoms with van der Waals surface area (Å²) in [5.74, 6) is -0.500. The van der Waals surface area contributed by atoms with E-state index in [0.717, 1.165) is 11.3 Å². The molecule has 0 unspecified atom stereocenters. The molecule has 5 nitrogen and oxygen atoms in total. The summed E-state index contributed by atoms with van der Waals surface area (Å²) in [6.45, 7) is 13.2. The molecular weight excluding hydrogens is 384 g/mol. The normalized spacial score (nSPS) is 25.2. The summed E-state index contributed by atoms with van der Waals surface area (Å²) in [7, 11) is -0.365. The molecule has 0 radical (unpaired) electrons. The van der Waals surface area contributed by atoms with Crippen LogP contribution in [0.5, 0.6) is 0 Å². The highest BCUT2D eigenvalue weighted by molar-refractivity contribution is 6.70. The van der Waals surface area contributed by atoms with E-state index in [0.29, 0.717) is 6.42 Å². The van der Waals surface area contributed by atoms with E-state index < -0.39 is 37.3 Å². The Labute approximate surface area is 175 Å². The molecule has 0 amide bonds. The van der Waals surface area contributed by atoms with Crippen LogP contribution in [0.1, 0.15) is 45.6 Å². The van der Waals surface area contributed by atoms with E-state index in [4.69, 9.17) is 13.9 Å². The first-order valence-electron chi connectivity index (χ1n) is 10.0. The average molecular weight is 419 g/mol. The Morgan fingerprint density at radius 3 is 2.14 bits per heavy atom. The van der Waals surface area contributed by atoms with Crippen LogP contribution in [0.3, 0.4) is 0 Å². The van der Waals surface area contributed by atoms with Gasteiger partial charge < -0.3 is 13.9 Å². The lowest BCUT2D eigenvalue weighted by Gasteiger charge is -2.45. The summed E-state index contributed by atoms with van der Waals surface area (Å²) in [5.41, 5.74) is -1.31. The number of ether oxygens (including phenoxy) is 2. The van der Waals surface area contributed by atoms with E-state index in [1.165, 1.54) is 14.0 Å². The van der Waals surface area contributed by atoms with Crippen LogP contribution >= 0.6 is 0 Å². The number of carbonyl (C=O) groups excluding carboxylic acids is 2. The van der Waals surface area contributed by atoms with Gasteiger partial charge in [0.1, 0.15) is 11.7 Å². The van der Waals surface area contributed by atoms with Gasteiger partial charge in [0.15, 0.2) is 11.2 Å². The highest BCUT2D eigenvalue weighted by Crippen LogP contribution is 2.50.